The fourth-order valence-corrected chi connectivity index (χ4v) is 2.76. The van der Waals surface area contributed by atoms with Gasteiger partial charge in [0.05, 0.1) is 19.3 Å². The molecule has 0 aromatic carbocycles. The zero-order valence-electron chi connectivity index (χ0n) is 12.5. The lowest BCUT2D eigenvalue weighted by Crippen LogP contribution is -2.64. The van der Waals surface area contributed by atoms with Gasteiger partial charge in [-0.05, 0) is 6.92 Å². The lowest BCUT2D eigenvalue weighted by Gasteiger charge is -2.45. The van der Waals surface area contributed by atoms with Crippen LogP contribution in [0.5, 0.6) is 0 Å². The highest BCUT2D eigenvalue weighted by atomic mass is 16.7. The monoisotopic (exact) mass is 340 g/mol. The molecule has 136 valence electrons. The maximum atomic E-state index is 10.1. The molecule has 2 rings (SSSR count). The summed E-state index contributed by atoms with van der Waals surface area (Å²) in [6.45, 7) is 0.384. The molecule has 23 heavy (non-hydrogen) atoms. The van der Waals surface area contributed by atoms with Crippen molar-refractivity contribution in [3.05, 3.63) is 0 Å². The molecule has 0 bridgehead atoms. The minimum Gasteiger partial charge on any atom is -0.394 e. The van der Waals surface area contributed by atoms with Gasteiger partial charge < -0.3 is 50.0 Å². The summed E-state index contributed by atoms with van der Waals surface area (Å²) >= 11 is 0. The zero-order valence-corrected chi connectivity index (χ0v) is 12.5. The van der Waals surface area contributed by atoms with Crippen LogP contribution in [0.3, 0.4) is 0 Å². The molecule has 2 aliphatic rings. The largest absolute Gasteiger partial charge is 0.394 e. The van der Waals surface area contributed by atoms with Gasteiger partial charge in [0.2, 0.25) is 0 Å². The van der Waals surface area contributed by atoms with Crippen molar-refractivity contribution in [3.8, 4) is 0 Å². The second-order valence-corrected chi connectivity index (χ2v) is 5.84. The summed E-state index contributed by atoms with van der Waals surface area (Å²) in [4.78, 5) is 0. The van der Waals surface area contributed by atoms with Gasteiger partial charge in [-0.1, -0.05) is 0 Å². The topological polar surface area (TPSA) is 169 Å². The average Bonchev–Trinajstić information content (AvgIpc) is 2.54. The Balaban J connectivity index is 2.11. The number of aliphatic hydroxyl groups is 7. The summed E-state index contributed by atoms with van der Waals surface area (Å²) in [6, 6.07) is 0. The second kappa shape index (κ2) is 7.66. The summed E-state index contributed by atoms with van der Waals surface area (Å²) in [5, 5.41) is 67.9. The first kappa shape index (κ1) is 18.9. The molecule has 0 aromatic heterocycles. The number of aliphatic hydroxyl groups excluding tert-OH is 7. The summed E-state index contributed by atoms with van der Waals surface area (Å²) < 4.78 is 15.8. The molecule has 0 aliphatic carbocycles. The van der Waals surface area contributed by atoms with E-state index in [0.717, 1.165) is 0 Å². The van der Waals surface area contributed by atoms with Crippen molar-refractivity contribution in [2.75, 3.05) is 13.2 Å². The molecule has 0 amide bonds. The van der Waals surface area contributed by atoms with Crippen LogP contribution in [0.15, 0.2) is 0 Å². The molecule has 10 atom stereocenters. The highest BCUT2D eigenvalue weighted by Gasteiger charge is 2.49. The highest BCUT2D eigenvalue weighted by molar-refractivity contribution is 4.94. The van der Waals surface area contributed by atoms with Gasteiger partial charge in [0.25, 0.3) is 0 Å². The summed E-state index contributed by atoms with van der Waals surface area (Å²) in [5.41, 5.74) is 0. The molecule has 7 unspecified atom stereocenters. The van der Waals surface area contributed by atoms with E-state index in [4.69, 9.17) is 19.3 Å². The van der Waals surface area contributed by atoms with Crippen molar-refractivity contribution in [2.24, 2.45) is 0 Å². The second-order valence-electron chi connectivity index (χ2n) is 5.84. The Labute approximate surface area is 132 Å². The predicted octanol–water partition coefficient (Wildman–Crippen LogP) is -4.33. The molecule has 2 fully saturated rings. The Morgan fingerprint density at radius 2 is 1.30 bits per heavy atom. The standard InChI is InChI=1S/C13H24O10/c1-4-7(16)12(9(18)6(3-15)21-4)23-13-11(20)10(19)8(17)5(2-14)22-13/h4-20H,2-3H2,1H3/t4-,5?,6?,7?,8+,9?,10?,11?,12?,13-/m0/s1. The summed E-state index contributed by atoms with van der Waals surface area (Å²) in [6.07, 6.45) is -13.2. The fourth-order valence-electron chi connectivity index (χ4n) is 2.76. The van der Waals surface area contributed by atoms with E-state index in [9.17, 15) is 30.6 Å². The van der Waals surface area contributed by atoms with E-state index in [-0.39, 0.29) is 0 Å². The maximum Gasteiger partial charge on any atom is 0.187 e. The zero-order chi connectivity index (χ0) is 17.3. The van der Waals surface area contributed by atoms with E-state index >= 15 is 0 Å². The van der Waals surface area contributed by atoms with Crippen LogP contribution in [0.4, 0.5) is 0 Å². The van der Waals surface area contributed by atoms with E-state index < -0.39 is 74.4 Å². The van der Waals surface area contributed by atoms with Crippen molar-refractivity contribution < 1.29 is 50.0 Å². The first-order chi connectivity index (χ1) is 10.8. The fraction of sp³-hybridized carbons (Fsp3) is 1.00. The Hall–Kier alpha value is -0.400. The van der Waals surface area contributed by atoms with Crippen LogP contribution < -0.4 is 0 Å². The molecular formula is C13H24O10. The molecule has 2 saturated heterocycles. The van der Waals surface area contributed by atoms with Crippen LogP contribution in [0, 0.1) is 0 Å². The van der Waals surface area contributed by atoms with Gasteiger partial charge in [0, 0.05) is 0 Å². The third kappa shape index (κ3) is 3.66. The van der Waals surface area contributed by atoms with E-state index in [1.54, 1.807) is 0 Å². The first-order valence-corrected chi connectivity index (χ1v) is 7.40. The summed E-state index contributed by atoms with van der Waals surface area (Å²) in [7, 11) is 0. The number of hydrogen-bond donors (Lipinski definition) is 7. The minimum atomic E-state index is -1.65. The maximum absolute atomic E-state index is 10.1. The lowest BCUT2D eigenvalue weighted by atomic mass is 9.95. The van der Waals surface area contributed by atoms with Gasteiger partial charge in [0.1, 0.15) is 48.8 Å². The van der Waals surface area contributed by atoms with Gasteiger partial charge in [-0.25, -0.2) is 0 Å². The SMILES string of the molecule is C[C@@H]1OC(CO)C(O)C(O[C@@H]2OC(CO)[C@@H](O)C(O)C2O)C1O. The molecule has 0 saturated carbocycles. The highest BCUT2D eigenvalue weighted by Crippen LogP contribution is 2.28. The van der Waals surface area contributed by atoms with Gasteiger partial charge in [0.15, 0.2) is 6.29 Å². The van der Waals surface area contributed by atoms with Crippen LogP contribution in [-0.4, -0.2) is 110 Å². The van der Waals surface area contributed by atoms with Crippen molar-refractivity contribution in [2.45, 2.75) is 68.1 Å². The average molecular weight is 340 g/mol. The lowest BCUT2D eigenvalue weighted by molar-refractivity contribution is -0.340. The molecule has 0 spiro atoms. The van der Waals surface area contributed by atoms with Crippen molar-refractivity contribution in [1.82, 2.24) is 0 Å². The third-order valence-electron chi connectivity index (χ3n) is 4.24. The predicted molar refractivity (Wildman–Crippen MR) is 72.1 cm³/mol. The van der Waals surface area contributed by atoms with Crippen molar-refractivity contribution in [3.63, 3.8) is 0 Å². The van der Waals surface area contributed by atoms with Crippen LogP contribution in [0.25, 0.3) is 0 Å². The van der Waals surface area contributed by atoms with Gasteiger partial charge in [-0.2, -0.15) is 0 Å². The Kier molecular flexibility index (Phi) is 6.30. The van der Waals surface area contributed by atoms with E-state index in [2.05, 4.69) is 0 Å². The number of hydrogen-bond acceptors (Lipinski definition) is 10. The molecule has 10 heteroatoms. The smallest absolute Gasteiger partial charge is 0.187 e. The first-order valence-electron chi connectivity index (χ1n) is 7.40. The van der Waals surface area contributed by atoms with E-state index in [0.29, 0.717) is 0 Å². The Bertz CT molecular complexity index is 380. The van der Waals surface area contributed by atoms with Crippen LogP contribution >= 0.6 is 0 Å². The molecule has 2 aliphatic heterocycles. The molecule has 0 radical (unpaired) electrons. The van der Waals surface area contributed by atoms with Crippen LogP contribution in [0.2, 0.25) is 0 Å². The minimum absolute atomic E-state index is 0.507. The van der Waals surface area contributed by atoms with Gasteiger partial charge >= 0.3 is 0 Å². The molecule has 0 aromatic rings. The quantitative estimate of drug-likeness (QED) is 0.265. The van der Waals surface area contributed by atoms with E-state index in [1.165, 1.54) is 6.92 Å². The van der Waals surface area contributed by atoms with Crippen LogP contribution in [0.1, 0.15) is 6.92 Å². The van der Waals surface area contributed by atoms with Crippen molar-refractivity contribution in [1.29, 1.82) is 0 Å². The number of rotatable bonds is 4. The normalized spacial score (nSPS) is 51.7. The number of ether oxygens (including phenoxy) is 3. The van der Waals surface area contributed by atoms with Gasteiger partial charge in [-0.3, -0.25) is 0 Å². The van der Waals surface area contributed by atoms with Gasteiger partial charge in [-0.15, -0.1) is 0 Å². The van der Waals surface area contributed by atoms with Crippen LogP contribution in [-0.2, 0) is 14.2 Å². The Morgan fingerprint density at radius 1 is 0.739 bits per heavy atom. The Morgan fingerprint density at radius 3 is 1.87 bits per heavy atom. The molecule has 7 N–H and O–H groups in total. The molecule has 10 nitrogen and oxygen atoms in total. The third-order valence-corrected chi connectivity index (χ3v) is 4.24. The van der Waals surface area contributed by atoms with Crippen molar-refractivity contribution >= 4 is 0 Å². The summed E-state index contributed by atoms with van der Waals surface area (Å²) in [5.74, 6) is 0. The molecular weight excluding hydrogens is 316 g/mol. The van der Waals surface area contributed by atoms with E-state index in [1.807, 2.05) is 0 Å². The molecule has 2 heterocycles.